The summed E-state index contributed by atoms with van der Waals surface area (Å²) in [6, 6.07) is 8.25. The Hall–Kier alpha value is -3.00. The molecule has 2 amide bonds. The lowest BCUT2D eigenvalue weighted by molar-refractivity contribution is -0.134. The summed E-state index contributed by atoms with van der Waals surface area (Å²) in [7, 11) is 0. The molecule has 5 rings (SSSR count). The molecule has 0 N–H and O–H groups in total. The number of fused-ring (bicyclic) bond motifs is 1. The molecule has 0 saturated carbocycles. The van der Waals surface area contributed by atoms with Gasteiger partial charge in [-0.25, -0.2) is 9.37 Å². The second kappa shape index (κ2) is 8.26. The number of imidazole rings is 1. The van der Waals surface area contributed by atoms with Gasteiger partial charge in [-0.05, 0) is 40.9 Å². The van der Waals surface area contributed by atoms with Gasteiger partial charge in [0, 0.05) is 49.9 Å². The van der Waals surface area contributed by atoms with Crippen LogP contribution in [0.3, 0.4) is 0 Å². The molecule has 8 heteroatoms. The summed E-state index contributed by atoms with van der Waals surface area (Å²) in [6.07, 6.45) is 5.78. The van der Waals surface area contributed by atoms with Crippen LogP contribution in [0.25, 0.3) is 0 Å². The van der Waals surface area contributed by atoms with Gasteiger partial charge in [-0.15, -0.1) is 0 Å². The standard InChI is InChI=1S/C23H23FN4O2S/c24-20-4-2-1-3-17(20)23(30)28-12-18(16-6-10-31-14-16)19-11-27(8-5-21(19)28)22(29)13-26-9-7-25-15-26/h1-4,6-7,9-10,14-15,18-19,21H,5,8,11-13H2/t18-,19-,21-/m1/s1. The molecular formula is C23H23FN4O2S. The zero-order valence-corrected chi connectivity index (χ0v) is 17.7. The molecule has 0 bridgehead atoms. The molecule has 0 radical (unpaired) electrons. The summed E-state index contributed by atoms with van der Waals surface area (Å²) in [6.45, 7) is 1.99. The van der Waals surface area contributed by atoms with Gasteiger partial charge < -0.3 is 14.4 Å². The van der Waals surface area contributed by atoms with Crippen molar-refractivity contribution in [3.05, 3.63) is 76.8 Å². The Morgan fingerprint density at radius 3 is 2.81 bits per heavy atom. The minimum absolute atomic E-state index is 0.00528. The maximum absolute atomic E-state index is 14.3. The average Bonchev–Trinajstić information content (AvgIpc) is 3.54. The number of rotatable bonds is 4. The molecule has 2 saturated heterocycles. The molecule has 160 valence electrons. The lowest BCUT2D eigenvalue weighted by Gasteiger charge is -2.39. The second-order valence-corrected chi connectivity index (χ2v) is 8.98. The molecule has 3 atom stereocenters. The number of piperidine rings is 1. The predicted octanol–water partition coefficient (Wildman–Crippen LogP) is 3.24. The van der Waals surface area contributed by atoms with E-state index >= 15 is 0 Å². The highest BCUT2D eigenvalue weighted by atomic mass is 32.1. The van der Waals surface area contributed by atoms with Crippen molar-refractivity contribution in [2.45, 2.75) is 24.9 Å². The van der Waals surface area contributed by atoms with Crippen LogP contribution in [0.1, 0.15) is 28.3 Å². The van der Waals surface area contributed by atoms with Gasteiger partial charge in [0.1, 0.15) is 12.4 Å². The third-order valence-corrected chi connectivity index (χ3v) is 7.20. The van der Waals surface area contributed by atoms with Crippen LogP contribution >= 0.6 is 11.3 Å². The molecule has 2 aromatic heterocycles. The van der Waals surface area contributed by atoms with E-state index in [-0.39, 0.29) is 41.8 Å². The first-order valence-electron chi connectivity index (χ1n) is 10.4. The van der Waals surface area contributed by atoms with Crippen LogP contribution in [0, 0.1) is 11.7 Å². The highest BCUT2D eigenvalue weighted by molar-refractivity contribution is 7.08. The van der Waals surface area contributed by atoms with Gasteiger partial charge in [0.15, 0.2) is 0 Å². The lowest BCUT2D eigenvalue weighted by atomic mass is 9.82. The summed E-state index contributed by atoms with van der Waals surface area (Å²) in [5, 5.41) is 4.15. The summed E-state index contributed by atoms with van der Waals surface area (Å²) in [5.41, 5.74) is 1.30. The van der Waals surface area contributed by atoms with E-state index in [9.17, 15) is 14.0 Å². The fraction of sp³-hybridized carbons (Fsp3) is 0.348. The topological polar surface area (TPSA) is 58.4 Å². The molecule has 0 spiro atoms. The largest absolute Gasteiger partial charge is 0.341 e. The van der Waals surface area contributed by atoms with Crippen molar-refractivity contribution in [3.8, 4) is 0 Å². The van der Waals surface area contributed by atoms with E-state index in [0.717, 1.165) is 0 Å². The average molecular weight is 439 g/mol. The fourth-order valence-electron chi connectivity index (χ4n) is 4.96. The molecule has 3 aromatic rings. The fourth-order valence-corrected chi connectivity index (χ4v) is 5.68. The van der Waals surface area contributed by atoms with E-state index in [1.165, 1.54) is 11.6 Å². The number of hydrogen-bond donors (Lipinski definition) is 0. The Kier molecular flexibility index (Phi) is 5.31. The van der Waals surface area contributed by atoms with Gasteiger partial charge in [0.05, 0.1) is 11.9 Å². The molecule has 2 aliphatic rings. The van der Waals surface area contributed by atoms with Crippen LogP contribution < -0.4 is 0 Å². The molecule has 2 fully saturated rings. The SMILES string of the molecule is O=C(Cn1ccnc1)N1CC[C@@H]2[C@H](C1)[C@@H](c1ccsc1)CN2C(=O)c1ccccc1F. The molecule has 0 aliphatic carbocycles. The molecule has 31 heavy (non-hydrogen) atoms. The molecule has 4 heterocycles. The zero-order valence-electron chi connectivity index (χ0n) is 16.9. The van der Waals surface area contributed by atoms with E-state index in [1.54, 1.807) is 52.8 Å². The van der Waals surface area contributed by atoms with Crippen LogP contribution in [-0.2, 0) is 11.3 Å². The molecule has 6 nitrogen and oxygen atoms in total. The van der Waals surface area contributed by atoms with Gasteiger partial charge in [-0.1, -0.05) is 12.1 Å². The number of benzene rings is 1. The summed E-state index contributed by atoms with van der Waals surface area (Å²) in [5.74, 6) is -0.430. The van der Waals surface area contributed by atoms with E-state index in [0.29, 0.717) is 26.1 Å². The number of likely N-dealkylation sites (tertiary alicyclic amines) is 2. The van der Waals surface area contributed by atoms with Crippen molar-refractivity contribution in [2.75, 3.05) is 19.6 Å². The zero-order chi connectivity index (χ0) is 21.4. The smallest absolute Gasteiger partial charge is 0.257 e. The van der Waals surface area contributed by atoms with Crippen molar-refractivity contribution in [1.82, 2.24) is 19.4 Å². The van der Waals surface area contributed by atoms with Crippen molar-refractivity contribution >= 4 is 23.2 Å². The summed E-state index contributed by atoms with van der Waals surface area (Å²) >= 11 is 1.63. The van der Waals surface area contributed by atoms with Crippen LogP contribution in [0.5, 0.6) is 0 Å². The van der Waals surface area contributed by atoms with Crippen molar-refractivity contribution in [1.29, 1.82) is 0 Å². The van der Waals surface area contributed by atoms with E-state index in [1.807, 2.05) is 15.2 Å². The number of thiophene rings is 1. The van der Waals surface area contributed by atoms with Gasteiger partial charge >= 0.3 is 0 Å². The summed E-state index contributed by atoms with van der Waals surface area (Å²) in [4.78, 5) is 33.9. The van der Waals surface area contributed by atoms with Gasteiger partial charge in [-0.3, -0.25) is 9.59 Å². The molecule has 1 aromatic carbocycles. The van der Waals surface area contributed by atoms with Crippen LogP contribution in [-0.4, -0.2) is 56.8 Å². The Labute approximate surface area is 183 Å². The second-order valence-electron chi connectivity index (χ2n) is 8.20. The molecule has 2 aliphatic heterocycles. The van der Waals surface area contributed by atoms with Gasteiger partial charge in [0.2, 0.25) is 5.91 Å². The third-order valence-electron chi connectivity index (χ3n) is 6.50. The number of nitrogens with zero attached hydrogens (tertiary/aromatic N) is 4. The Morgan fingerprint density at radius 2 is 2.06 bits per heavy atom. The van der Waals surface area contributed by atoms with Crippen LogP contribution in [0.2, 0.25) is 0 Å². The first-order valence-corrected chi connectivity index (χ1v) is 11.4. The Bertz CT molecular complexity index is 1070. The third kappa shape index (κ3) is 3.76. The highest BCUT2D eigenvalue weighted by Crippen LogP contribution is 2.42. The number of aromatic nitrogens is 2. The Morgan fingerprint density at radius 1 is 1.19 bits per heavy atom. The maximum Gasteiger partial charge on any atom is 0.257 e. The van der Waals surface area contributed by atoms with Gasteiger partial charge in [-0.2, -0.15) is 11.3 Å². The summed E-state index contributed by atoms with van der Waals surface area (Å²) < 4.78 is 16.1. The monoisotopic (exact) mass is 438 g/mol. The first-order chi connectivity index (χ1) is 15.1. The Balaban J connectivity index is 1.39. The van der Waals surface area contributed by atoms with Crippen LogP contribution in [0.15, 0.2) is 59.8 Å². The minimum Gasteiger partial charge on any atom is -0.341 e. The number of amides is 2. The van der Waals surface area contributed by atoms with Crippen molar-refractivity contribution in [2.24, 2.45) is 5.92 Å². The van der Waals surface area contributed by atoms with E-state index in [4.69, 9.17) is 0 Å². The molecular weight excluding hydrogens is 415 g/mol. The van der Waals surface area contributed by atoms with Crippen LogP contribution in [0.4, 0.5) is 4.39 Å². The highest BCUT2D eigenvalue weighted by Gasteiger charge is 2.48. The van der Waals surface area contributed by atoms with Crippen molar-refractivity contribution in [3.63, 3.8) is 0 Å². The predicted molar refractivity (Wildman–Crippen MR) is 115 cm³/mol. The molecule has 0 unspecified atom stereocenters. The number of carbonyl (C=O) groups excluding carboxylic acids is 2. The first kappa shape index (κ1) is 19.9. The van der Waals surface area contributed by atoms with E-state index in [2.05, 4.69) is 16.4 Å². The minimum atomic E-state index is -0.490. The number of hydrogen-bond acceptors (Lipinski definition) is 4. The van der Waals surface area contributed by atoms with Crippen molar-refractivity contribution < 1.29 is 14.0 Å². The number of halogens is 1. The maximum atomic E-state index is 14.3. The normalized spacial score (nSPS) is 23.1. The van der Waals surface area contributed by atoms with Gasteiger partial charge in [0.25, 0.3) is 5.91 Å². The lowest BCUT2D eigenvalue weighted by Crippen LogP contribution is -2.50. The van der Waals surface area contributed by atoms with E-state index < -0.39 is 5.82 Å². The number of carbonyl (C=O) groups is 2. The quantitative estimate of drug-likeness (QED) is 0.628.